The van der Waals surface area contributed by atoms with E-state index in [1.54, 1.807) is 0 Å². The number of carbonyl (C=O) groups is 2. The van der Waals surface area contributed by atoms with Crippen LogP contribution in [0, 0.1) is 5.92 Å². The smallest absolute Gasteiger partial charge is 0.303 e. The zero-order valence-electron chi connectivity index (χ0n) is 12.8. The highest BCUT2D eigenvalue weighted by Crippen LogP contribution is 2.26. The summed E-state index contributed by atoms with van der Waals surface area (Å²) >= 11 is 2.07. The minimum absolute atomic E-state index is 0.159. The molecule has 1 amide bonds. The van der Waals surface area contributed by atoms with E-state index in [9.17, 15) is 9.59 Å². The van der Waals surface area contributed by atoms with Crippen molar-refractivity contribution < 1.29 is 14.3 Å². The van der Waals surface area contributed by atoms with Crippen LogP contribution in [0.5, 0.6) is 0 Å². The Labute approximate surface area is 131 Å². The lowest BCUT2D eigenvalue weighted by Crippen LogP contribution is -2.45. The first-order valence-electron chi connectivity index (χ1n) is 7.87. The molecule has 2 heterocycles. The van der Waals surface area contributed by atoms with Crippen LogP contribution in [-0.2, 0) is 14.3 Å². The third-order valence-corrected chi connectivity index (χ3v) is 5.40. The van der Waals surface area contributed by atoms with Crippen molar-refractivity contribution in [1.29, 1.82) is 0 Å². The molecule has 5 nitrogen and oxygen atoms in total. The first-order valence-corrected chi connectivity index (χ1v) is 9.02. The molecule has 0 unspecified atom stereocenters. The van der Waals surface area contributed by atoms with E-state index < -0.39 is 5.97 Å². The molecule has 2 rings (SSSR count). The van der Waals surface area contributed by atoms with Crippen molar-refractivity contribution in [2.24, 2.45) is 5.92 Å². The van der Waals surface area contributed by atoms with Gasteiger partial charge in [-0.3, -0.25) is 9.59 Å². The van der Waals surface area contributed by atoms with E-state index in [2.05, 4.69) is 26.7 Å². The molecule has 0 bridgehead atoms. The van der Waals surface area contributed by atoms with Gasteiger partial charge in [-0.2, -0.15) is 11.8 Å². The molecule has 2 aliphatic rings. The van der Waals surface area contributed by atoms with E-state index >= 15 is 0 Å². The van der Waals surface area contributed by atoms with E-state index in [0.717, 1.165) is 32.0 Å². The molecule has 1 N–H and O–H groups in total. The van der Waals surface area contributed by atoms with Crippen molar-refractivity contribution in [3.8, 4) is 0 Å². The molecule has 0 aromatic carbocycles. The third-order valence-electron chi connectivity index (χ3n) is 4.35. The second-order valence-electron chi connectivity index (χ2n) is 5.91. The number of rotatable bonds is 5. The lowest BCUT2D eigenvalue weighted by atomic mass is 9.94. The van der Waals surface area contributed by atoms with Crippen molar-refractivity contribution in [1.82, 2.24) is 10.2 Å². The van der Waals surface area contributed by atoms with Gasteiger partial charge in [0.25, 0.3) is 5.91 Å². The number of hydrogen-bond acceptors (Lipinski definition) is 5. The Hall–Kier alpha value is -0.750. The van der Waals surface area contributed by atoms with Crippen molar-refractivity contribution in [2.45, 2.75) is 38.6 Å². The van der Waals surface area contributed by atoms with Crippen LogP contribution in [0.1, 0.15) is 32.6 Å². The van der Waals surface area contributed by atoms with E-state index in [4.69, 9.17) is 0 Å². The minimum Gasteiger partial charge on any atom is -0.456 e. The van der Waals surface area contributed by atoms with Crippen molar-refractivity contribution in [2.75, 3.05) is 37.7 Å². The largest absolute Gasteiger partial charge is 0.456 e. The predicted octanol–water partition coefficient (Wildman–Crippen LogP) is 1.27. The van der Waals surface area contributed by atoms with Gasteiger partial charge in [-0.25, -0.2) is 0 Å². The minimum atomic E-state index is -0.413. The van der Waals surface area contributed by atoms with E-state index in [0.29, 0.717) is 12.5 Å². The quantitative estimate of drug-likeness (QED) is 0.775. The van der Waals surface area contributed by atoms with Gasteiger partial charge in [0.1, 0.15) is 0 Å². The SMILES string of the molecule is CC(=O)OCC(=O)NCC1CCN(C2CCSCC2)CC1. The molecule has 0 saturated carbocycles. The van der Waals surface area contributed by atoms with Gasteiger partial charge in [0, 0.05) is 19.5 Å². The number of amides is 1. The first-order chi connectivity index (χ1) is 10.1. The molecular formula is C15H26N2O3S. The van der Waals surface area contributed by atoms with Crippen molar-refractivity contribution >= 4 is 23.6 Å². The molecule has 6 heteroatoms. The topological polar surface area (TPSA) is 58.6 Å². The molecule has 0 radical (unpaired) electrons. The summed E-state index contributed by atoms with van der Waals surface area (Å²) in [6, 6.07) is 0.783. The summed E-state index contributed by atoms with van der Waals surface area (Å²) in [6.07, 6.45) is 4.96. The average molecular weight is 314 g/mol. The molecule has 120 valence electrons. The zero-order chi connectivity index (χ0) is 15.1. The highest BCUT2D eigenvalue weighted by atomic mass is 32.2. The van der Waals surface area contributed by atoms with Crippen LogP contribution in [0.3, 0.4) is 0 Å². The molecule has 0 aliphatic carbocycles. The Kier molecular flexibility index (Phi) is 6.83. The van der Waals surface area contributed by atoms with Crippen LogP contribution in [0.2, 0.25) is 0 Å². The van der Waals surface area contributed by atoms with Crippen LogP contribution < -0.4 is 5.32 Å². The van der Waals surface area contributed by atoms with E-state index in [1.807, 2.05) is 0 Å². The highest BCUT2D eigenvalue weighted by molar-refractivity contribution is 7.99. The summed E-state index contributed by atoms with van der Waals surface area (Å²) in [7, 11) is 0. The third kappa shape index (κ3) is 5.87. The first kappa shape index (κ1) is 16.6. The number of nitrogens with one attached hydrogen (secondary N) is 1. The molecule has 2 aliphatic heterocycles. The Bertz CT molecular complexity index is 351. The Morgan fingerprint density at radius 2 is 1.86 bits per heavy atom. The fraction of sp³-hybridized carbons (Fsp3) is 0.867. The summed E-state index contributed by atoms with van der Waals surface area (Å²) in [6.45, 7) is 4.16. The summed E-state index contributed by atoms with van der Waals surface area (Å²) in [5.74, 6) is 2.55. The molecule has 21 heavy (non-hydrogen) atoms. The number of carbonyl (C=O) groups excluding carboxylic acids is 2. The molecule has 0 aromatic rings. The second kappa shape index (κ2) is 8.63. The van der Waals surface area contributed by atoms with E-state index in [1.165, 1.54) is 31.3 Å². The number of thioether (sulfide) groups is 1. The summed E-state index contributed by atoms with van der Waals surface area (Å²) in [5.41, 5.74) is 0. The van der Waals surface area contributed by atoms with Crippen molar-refractivity contribution in [3.05, 3.63) is 0 Å². The van der Waals surface area contributed by atoms with Gasteiger partial charge < -0.3 is 15.0 Å². The van der Waals surface area contributed by atoms with E-state index in [-0.39, 0.29) is 12.5 Å². The predicted molar refractivity (Wildman–Crippen MR) is 84.3 cm³/mol. The zero-order valence-corrected chi connectivity index (χ0v) is 13.6. The maximum Gasteiger partial charge on any atom is 0.303 e. The normalized spacial score (nSPS) is 22.0. The second-order valence-corrected chi connectivity index (χ2v) is 7.13. The van der Waals surface area contributed by atoms with Crippen LogP contribution >= 0.6 is 11.8 Å². The number of likely N-dealkylation sites (tertiary alicyclic amines) is 1. The molecule has 0 atom stereocenters. The molecule has 0 aromatic heterocycles. The summed E-state index contributed by atoms with van der Waals surface area (Å²) in [4.78, 5) is 24.8. The molecule has 0 spiro atoms. The van der Waals surface area contributed by atoms with Crippen LogP contribution in [0.15, 0.2) is 0 Å². The highest BCUT2D eigenvalue weighted by Gasteiger charge is 2.26. The molecule has 2 saturated heterocycles. The number of nitrogens with zero attached hydrogens (tertiary/aromatic N) is 1. The Balaban J connectivity index is 1.60. The lowest BCUT2D eigenvalue weighted by molar-refractivity contribution is -0.146. The van der Waals surface area contributed by atoms with Crippen LogP contribution in [0.25, 0.3) is 0 Å². The summed E-state index contributed by atoms with van der Waals surface area (Å²) in [5, 5.41) is 2.86. The van der Waals surface area contributed by atoms with Gasteiger partial charge in [-0.05, 0) is 56.2 Å². The van der Waals surface area contributed by atoms with Gasteiger partial charge in [-0.15, -0.1) is 0 Å². The Morgan fingerprint density at radius 1 is 1.19 bits per heavy atom. The van der Waals surface area contributed by atoms with Gasteiger partial charge >= 0.3 is 5.97 Å². The number of piperidine rings is 1. The van der Waals surface area contributed by atoms with Crippen LogP contribution in [0.4, 0.5) is 0 Å². The average Bonchev–Trinajstić information content (AvgIpc) is 2.52. The fourth-order valence-electron chi connectivity index (χ4n) is 3.05. The van der Waals surface area contributed by atoms with Crippen LogP contribution in [-0.4, -0.2) is 60.6 Å². The maximum atomic E-state index is 11.5. The standard InChI is InChI=1S/C15H26N2O3S/c1-12(18)20-11-15(19)16-10-13-2-6-17(7-3-13)14-4-8-21-9-5-14/h13-14H,2-11H2,1H3,(H,16,19). The fourth-order valence-corrected chi connectivity index (χ4v) is 4.13. The lowest BCUT2D eigenvalue weighted by Gasteiger charge is -2.39. The van der Waals surface area contributed by atoms with Gasteiger partial charge in [-0.1, -0.05) is 0 Å². The summed E-state index contributed by atoms with van der Waals surface area (Å²) < 4.78 is 4.68. The number of esters is 1. The maximum absolute atomic E-state index is 11.5. The van der Waals surface area contributed by atoms with Gasteiger partial charge in [0.15, 0.2) is 6.61 Å². The van der Waals surface area contributed by atoms with Crippen molar-refractivity contribution in [3.63, 3.8) is 0 Å². The molecule has 2 fully saturated rings. The number of ether oxygens (including phenoxy) is 1. The van der Waals surface area contributed by atoms with Gasteiger partial charge in [0.2, 0.25) is 0 Å². The number of hydrogen-bond donors (Lipinski definition) is 1. The van der Waals surface area contributed by atoms with Gasteiger partial charge in [0.05, 0.1) is 0 Å². The monoisotopic (exact) mass is 314 g/mol. The molecular weight excluding hydrogens is 288 g/mol. The Morgan fingerprint density at radius 3 is 2.48 bits per heavy atom.